The molecule has 3 heterocycles. The molecule has 0 atom stereocenters. The molecule has 0 aliphatic carbocycles. The molecular weight excluding hydrogens is 316 g/mol. The molecule has 3 aromatic rings. The second-order valence-electron chi connectivity index (χ2n) is 6.11. The molecule has 1 aliphatic heterocycles. The van der Waals surface area contributed by atoms with Crippen molar-refractivity contribution in [2.45, 2.75) is 12.8 Å². The van der Waals surface area contributed by atoms with Crippen LogP contribution in [0.3, 0.4) is 0 Å². The van der Waals surface area contributed by atoms with Crippen LogP contribution in [-0.2, 0) is 4.79 Å². The highest BCUT2D eigenvalue weighted by Crippen LogP contribution is 2.24. The molecule has 1 saturated heterocycles. The Balaban J connectivity index is 1.42. The van der Waals surface area contributed by atoms with E-state index in [9.17, 15) is 4.79 Å². The van der Waals surface area contributed by atoms with Crippen molar-refractivity contribution in [3.63, 3.8) is 0 Å². The Morgan fingerprint density at radius 3 is 2.68 bits per heavy atom. The van der Waals surface area contributed by atoms with Crippen molar-refractivity contribution >= 4 is 28.3 Å². The number of hydrogen-bond acceptors (Lipinski definition) is 6. The van der Waals surface area contributed by atoms with Crippen molar-refractivity contribution in [1.29, 1.82) is 0 Å². The first kappa shape index (κ1) is 15.4. The molecule has 7 nitrogen and oxygen atoms in total. The van der Waals surface area contributed by atoms with Crippen LogP contribution in [0, 0.1) is 5.92 Å². The van der Waals surface area contributed by atoms with Gasteiger partial charge in [-0.15, -0.1) is 10.2 Å². The summed E-state index contributed by atoms with van der Waals surface area (Å²) >= 11 is 0. The van der Waals surface area contributed by atoms with Crippen LogP contribution in [0.1, 0.15) is 12.8 Å². The third-order valence-corrected chi connectivity index (χ3v) is 4.56. The maximum Gasteiger partial charge on any atom is 0.228 e. The summed E-state index contributed by atoms with van der Waals surface area (Å²) in [5.74, 6) is 1.36. The van der Waals surface area contributed by atoms with E-state index in [4.69, 9.17) is 0 Å². The Morgan fingerprint density at radius 2 is 1.88 bits per heavy atom. The number of carbonyl (C=O) groups excluding carboxylic acids is 1. The summed E-state index contributed by atoms with van der Waals surface area (Å²) in [6.45, 7) is 1.58. The van der Waals surface area contributed by atoms with Gasteiger partial charge in [0.2, 0.25) is 5.91 Å². The lowest BCUT2D eigenvalue weighted by Crippen LogP contribution is -2.38. The van der Waals surface area contributed by atoms with E-state index in [0.29, 0.717) is 5.82 Å². The fraction of sp³-hybridized carbons (Fsp3) is 0.278. The Kier molecular flexibility index (Phi) is 4.20. The van der Waals surface area contributed by atoms with Crippen LogP contribution in [0.25, 0.3) is 10.8 Å². The molecule has 1 fully saturated rings. The maximum atomic E-state index is 12.6. The first-order chi connectivity index (χ1) is 12.3. The monoisotopic (exact) mass is 334 g/mol. The molecule has 0 radical (unpaired) electrons. The number of hydrogen-bond donors (Lipinski definition) is 1. The van der Waals surface area contributed by atoms with E-state index in [1.54, 1.807) is 12.4 Å². The van der Waals surface area contributed by atoms with Gasteiger partial charge in [0.25, 0.3) is 0 Å². The first-order valence-corrected chi connectivity index (χ1v) is 8.35. The quantitative estimate of drug-likeness (QED) is 0.791. The summed E-state index contributed by atoms with van der Waals surface area (Å²) in [5, 5.41) is 20.9. The lowest BCUT2D eigenvalue weighted by Gasteiger charge is -2.31. The van der Waals surface area contributed by atoms with Gasteiger partial charge in [-0.3, -0.25) is 4.79 Å². The molecule has 126 valence electrons. The third kappa shape index (κ3) is 3.26. The Hall–Kier alpha value is -3.09. The average Bonchev–Trinajstić information content (AvgIpc) is 2.69. The fourth-order valence-corrected chi connectivity index (χ4v) is 3.17. The molecule has 1 N–H and O–H groups in total. The van der Waals surface area contributed by atoms with Crippen LogP contribution in [0.15, 0.2) is 48.8 Å². The Bertz CT molecular complexity index is 872. The number of anilines is 2. The Morgan fingerprint density at radius 1 is 1.04 bits per heavy atom. The fourth-order valence-electron chi connectivity index (χ4n) is 3.17. The van der Waals surface area contributed by atoms with Gasteiger partial charge in [-0.1, -0.05) is 24.3 Å². The van der Waals surface area contributed by atoms with Gasteiger partial charge in [0.1, 0.15) is 0 Å². The zero-order chi connectivity index (χ0) is 17.1. The van der Waals surface area contributed by atoms with Gasteiger partial charge in [0.05, 0.1) is 6.20 Å². The number of nitrogens with zero attached hydrogens (tertiary/aromatic N) is 5. The van der Waals surface area contributed by atoms with Crippen molar-refractivity contribution in [3.8, 4) is 0 Å². The molecule has 1 aliphatic rings. The molecule has 1 amide bonds. The average molecular weight is 334 g/mol. The SMILES string of the molecule is O=C(Nc1nncc2ccccc12)C1CCN(c2cccnn2)CC1. The standard InChI is InChI=1S/C18H18N6O/c25-18(21-17-15-5-2-1-4-14(15)12-20-23-17)13-7-10-24(11-8-13)16-6-3-9-19-22-16/h1-6,9,12-13H,7-8,10-11H2,(H,21,23,25). The summed E-state index contributed by atoms with van der Waals surface area (Å²) in [4.78, 5) is 14.8. The van der Waals surface area contributed by atoms with Crippen molar-refractivity contribution < 1.29 is 4.79 Å². The lowest BCUT2D eigenvalue weighted by atomic mass is 9.96. The van der Waals surface area contributed by atoms with Gasteiger partial charge in [0, 0.05) is 36.0 Å². The highest BCUT2D eigenvalue weighted by Gasteiger charge is 2.26. The van der Waals surface area contributed by atoms with Crippen LogP contribution in [0.5, 0.6) is 0 Å². The van der Waals surface area contributed by atoms with Gasteiger partial charge < -0.3 is 10.2 Å². The number of carbonyl (C=O) groups is 1. The van der Waals surface area contributed by atoms with Crippen LogP contribution in [0.2, 0.25) is 0 Å². The van der Waals surface area contributed by atoms with E-state index >= 15 is 0 Å². The summed E-state index contributed by atoms with van der Waals surface area (Å²) in [6.07, 6.45) is 4.92. The minimum absolute atomic E-state index is 0.00412. The summed E-state index contributed by atoms with van der Waals surface area (Å²) in [6, 6.07) is 11.6. The molecule has 4 rings (SSSR count). The van der Waals surface area contributed by atoms with Gasteiger partial charge in [-0.2, -0.15) is 10.2 Å². The molecule has 0 unspecified atom stereocenters. The van der Waals surface area contributed by atoms with Crippen molar-refractivity contribution in [2.24, 2.45) is 5.92 Å². The number of aromatic nitrogens is 4. The summed E-state index contributed by atoms with van der Waals surface area (Å²) < 4.78 is 0. The first-order valence-electron chi connectivity index (χ1n) is 8.35. The molecular formula is C18H18N6O. The van der Waals surface area contributed by atoms with Gasteiger partial charge >= 0.3 is 0 Å². The van der Waals surface area contributed by atoms with E-state index in [1.165, 1.54) is 0 Å². The van der Waals surface area contributed by atoms with E-state index in [1.807, 2.05) is 36.4 Å². The highest BCUT2D eigenvalue weighted by molar-refractivity contribution is 6.00. The van der Waals surface area contributed by atoms with Gasteiger partial charge in [-0.05, 0) is 25.0 Å². The zero-order valence-electron chi connectivity index (χ0n) is 13.7. The number of fused-ring (bicyclic) bond motifs is 1. The zero-order valence-corrected chi connectivity index (χ0v) is 13.7. The van der Waals surface area contributed by atoms with Gasteiger partial charge in [0.15, 0.2) is 11.6 Å². The van der Waals surface area contributed by atoms with Gasteiger partial charge in [-0.25, -0.2) is 0 Å². The number of amides is 1. The Labute approximate surface area is 145 Å². The van der Waals surface area contributed by atoms with Crippen molar-refractivity contribution in [2.75, 3.05) is 23.3 Å². The summed E-state index contributed by atoms with van der Waals surface area (Å²) in [5.41, 5.74) is 0. The van der Waals surface area contributed by atoms with Crippen LogP contribution in [0.4, 0.5) is 11.6 Å². The van der Waals surface area contributed by atoms with E-state index in [-0.39, 0.29) is 11.8 Å². The van der Waals surface area contributed by atoms with E-state index in [2.05, 4.69) is 30.6 Å². The minimum Gasteiger partial charge on any atom is -0.355 e. The van der Waals surface area contributed by atoms with Crippen LogP contribution < -0.4 is 10.2 Å². The number of benzene rings is 1. The summed E-state index contributed by atoms with van der Waals surface area (Å²) in [7, 11) is 0. The molecule has 0 spiro atoms. The number of rotatable bonds is 3. The lowest BCUT2D eigenvalue weighted by molar-refractivity contribution is -0.120. The number of nitrogens with one attached hydrogen (secondary N) is 1. The molecule has 0 bridgehead atoms. The predicted octanol–water partition coefficient (Wildman–Crippen LogP) is 2.27. The molecule has 0 saturated carbocycles. The second kappa shape index (κ2) is 6.80. The van der Waals surface area contributed by atoms with E-state index < -0.39 is 0 Å². The highest BCUT2D eigenvalue weighted by atomic mass is 16.2. The minimum atomic E-state index is -0.0336. The van der Waals surface area contributed by atoms with E-state index in [0.717, 1.165) is 42.5 Å². The second-order valence-corrected chi connectivity index (χ2v) is 6.11. The number of piperidine rings is 1. The van der Waals surface area contributed by atoms with Crippen molar-refractivity contribution in [3.05, 3.63) is 48.8 Å². The molecule has 1 aromatic carbocycles. The predicted molar refractivity (Wildman–Crippen MR) is 95.1 cm³/mol. The third-order valence-electron chi connectivity index (χ3n) is 4.56. The van der Waals surface area contributed by atoms with Crippen molar-refractivity contribution in [1.82, 2.24) is 20.4 Å². The topological polar surface area (TPSA) is 83.9 Å². The normalized spacial score (nSPS) is 15.3. The largest absolute Gasteiger partial charge is 0.355 e. The smallest absolute Gasteiger partial charge is 0.228 e. The molecule has 7 heteroatoms. The maximum absolute atomic E-state index is 12.6. The molecule has 2 aromatic heterocycles. The van der Waals surface area contributed by atoms with Crippen LogP contribution >= 0.6 is 0 Å². The molecule has 25 heavy (non-hydrogen) atoms. The van der Waals surface area contributed by atoms with Crippen LogP contribution in [-0.4, -0.2) is 39.4 Å².